The van der Waals surface area contributed by atoms with E-state index in [2.05, 4.69) is 10.3 Å². The zero-order chi connectivity index (χ0) is 25.1. The van der Waals surface area contributed by atoms with Crippen LogP contribution in [-0.2, 0) is 27.4 Å². The minimum atomic E-state index is -0.550. The maximum atomic E-state index is 14.8. The number of aryl methyl sites for hydroxylation is 1. The third kappa shape index (κ3) is 5.30. The Bertz CT molecular complexity index is 1240. The number of hydrogen-bond acceptors (Lipinski definition) is 8. The van der Waals surface area contributed by atoms with Gasteiger partial charge in [-0.1, -0.05) is 22.9 Å². The molecule has 0 unspecified atom stereocenters. The van der Waals surface area contributed by atoms with Gasteiger partial charge in [0, 0.05) is 13.1 Å². The van der Waals surface area contributed by atoms with E-state index in [0.29, 0.717) is 48.9 Å². The highest BCUT2D eigenvalue weighted by Gasteiger charge is 2.33. The number of hydrogen-bond donors (Lipinski definition) is 0. The second-order valence-corrected chi connectivity index (χ2v) is 8.73. The van der Waals surface area contributed by atoms with Gasteiger partial charge >= 0.3 is 12.1 Å². The first kappa shape index (κ1) is 23.7. The van der Waals surface area contributed by atoms with E-state index in [9.17, 15) is 14.0 Å². The largest absolute Gasteiger partial charge is 0.455 e. The van der Waals surface area contributed by atoms with Crippen molar-refractivity contribution in [3.8, 4) is 0 Å². The van der Waals surface area contributed by atoms with E-state index in [1.807, 2.05) is 24.0 Å². The Kier molecular flexibility index (Phi) is 6.81. The Morgan fingerprint density at radius 3 is 2.69 bits per heavy atom. The number of aromatic nitrogens is 3. The van der Waals surface area contributed by atoms with Gasteiger partial charge in [-0.15, -0.1) is 5.10 Å². The predicted molar refractivity (Wildman–Crippen MR) is 127 cm³/mol. The second-order valence-electron chi connectivity index (χ2n) is 8.73. The molecule has 2 saturated heterocycles. The summed E-state index contributed by atoms with van der Waals surface area (Å²) in [6.07, 6.45) is 0.588. The number of halogens is 1. The number of carbonyl (C=O) groups excluding carboxylic acids is 2. The minimum absolute atomic E-state index is 0.0297. The third-order valence-electron chi connectivity index (χ3n) is 6.08. The molecule has 0 radical (unpaired) electrons. The molecule has 2 fully saturated rings. The third-order valence-corrected chi connectivity index (χ3v) is 6.08. The van der Waals surface area contributed by atoms with E-state index < -0.39 is 24.0 Å². The summed E-state index contributed by atoms with van der Waals surface area (Å²) in [5.41, 5.74) is 2.90. The average molecular weight is 496 g/mol. The van der Waals surface area contributed by atoms with Crippen molar-refractivity contribution >= 4 is 23.4 Å². The Balaban J connectivity index is 1.16. The van der Waals surface area contributed by atoms with Crippen molar-refractivity contribution < 1.29 is 28.2 Å². The van der Waals surface area contributed by atoms with E-state index in [1.165, 1.54) is 15.6 Å². The zero-order valence-electron chi connectivity index (χ0n) is 19.8. The molecule has 0 spiro atoms. The highest BCUT2D eigenvalue weighted by Crippen LogP contribution is 2.28. The van der Waals surface area contributed by atoms with Crippen molar-refractivity contribution in [3.63, 3.8) is 0 Å². The number of carbonyl (C=O) groups is 2. The lowest BCUT2D eigenvalue weighted by Crippen LogP contribution is -2.36. The first-order valence-electron chi connectivity index (χ1n) is 11.7. The smallest absolute Gasteiger partial charge is 0.414 e. The molecule has 3 heterocycles. The van der Waals surface area contributed by atoms with Gasteiger partial charge in [0.05, 0.1) is 49.4 Å². The van der Waals surface area contributed by atoms with E-state index >= 15 is 0 Å². The van der Waals surface area contributed by atoms with Crippen LogP contribution < -0.4 is 9.80 Å². The number of morpholine rings is 1. The van der Waals surface area contributed by atoms with Crippen LogP contribution in [0.2, 0.25) is 0 Å². The van der Waals surface area contributed by atoms with Crippen LogP contribution in [0, 0.1) is 12.7 Å². The lowest BCUT2D eigenvalue weighted by molar-refractivity contribution is 0.0467. The molecule has 2 aliphatic rings. The number of anilines is 2. The van der Waals surface area contributed by atoms with Crippen molar-refractivity contribution in [1.82, 2.24) is 15.0 Å². The van der Waals surface area contributed by atoms with Gasteiger partial charge in [-0.2, -0.15) is 0 Å². The quantitative estimate of drug-likeness (QED) is 0.462. The van der Waals surface area contributed by atoms with E-state index in [4.69, 9.17) is 14.2 Å². The maximum Gasteiger partial charge on any atom is 0.414 e. The molecular formula is C25H26FN5O5. The van der Waals surface area contributed by atoms with Gasteiger partial charge in [0.15, 0.2) is 0 Å². The Labute approximate surface area is 207 Å². The van der Waals surface area contributed by atoms with Crippen molar-refractivity contribution in [2.24, 2.45) is 0 Å². The summed E-state index contributed by atoms with van der Waals surface area (Å²) in [7, 11) is 0. The van der Waals surface area contributed by atoms with Crippen molar-refractivity contribution in [1.29, 1.82) is 0 Å². The van der Waals surface area contributed by atoms with Gasteiger partial charge < -0.3 is 19.1 Å². The van der Waals surface area contributed by atoms with Crippen LogP contribution in [-0.4, -0.2) is 66.0 Å². The van der Waals surface area contributed by atoms with Crippen LogP contribution >= 0.6 is 0 Å². The van der Waals surface area contributed by atoms with Crippen molar-refractivity contribution in [3.05, 3.63) is 71.3 Å². The van der Waals surface area contributed by atoms with E-state index in [0.717, 1.165) is 5.56 Å². The molecule has 0 saturated carbocycles. The number of benzene rings is 2. The normalized spacial score (nSPS) is 17.8. The number of cyclic esters (lactones) is 1. The van der Waals surface area contributed by atoms with Gasteiger partial charge in [-0.25, -0.2) is 18.7 Å². The molecule has 1 amide bonds. The summed E-state index contributed by atoms with van der Waals surface area (Å²) in [6, 6.07) is 11.8. The molecule has 11 heteroatoms. The molecule has 5 rings (SSSR count). The maximum absolute atomic E-state index is 14.8. The molecule has 0 bridgehead atoms. The van der Waals surface area contributed by atoms with E-state index in [1.54, 1.807) is 30.5 Å². The van der Waals surface area contributed by atoms with Gasteiger partial charge in [-0.05, 0) is 37.3 Å². The first-order chi connectivity index (χ1) is 17.5. The molecule has 1 atom stereocenters. The molecule has 188 valence electrons. The topological polar surface area (TPSA) is 99.0 Å². The Morgan fingerprint density at radius 1 is 1.17 bits per heavy atom. The number of rotatable bonds is 7. The molecule has 36 heavy (non-hydrogen) atoms. The summed E-state index contributed by atoms with van der Waals surface area (Å²) >= 11 is 0. The summed E-state index contributed by atoms with van der Waals surface area (Å²) in [4.78, 5) is 28.0. The molecule has 3 aromatic rings. The zero-order valence-corrected chi connectivity index (χ0v) is 19.8. The molecule has 2 aromatic carbocycles. The predicted octanol–water partition coefficient (Wildman–Crippen LogP) is 2.94. The number of nitrogens with zero attached hydrogens (tertiary/aromatic N) is 5. The monoisotopic (exact) mass is 495 g/mol. The molecule has 0 aliphatic carbocycles. The van der Waals surface area contributed by atoms with Crippen LogP contribution in [0.1, 0.15) is 21.6 Å². The van der Waals surface area contributed by atoms with Gasteiger partial charge in [0.2, 0.25) is 0 Å². The van der Waals surface area contributed by atoms with Gasteiger partial charge in [0.25, 0.3) is 0 Å². The summed E-state index contributed by atoms with van der Waals surface area (Å²) in [5.74, 6) is -0.844. The fraction of sp³-hybridized carbons (Fsp3) is 0.360. The molecular weight excluding hydrogens is 469 g/mol. The van der Waals surface area contributed by atoms with Gasteiger partial charge in [0.1, 0.15) is 24.2 Å². The second kappa shape index (κ2) is 10.3. The molecule has 1 aromatic heterocycles. The standard InChI is InChI=1S/C25H26FN5O5/c1-17-2-4-18(5-3-17)24(32)35-16-19-13-30(28-27-19)14-21-15-31(25(33)36-21)20-6-7-23(22(26)12-20)29-8-10-34-11-9-29/h2-7,12-13,21H,8-11,14-16H2,1H3/t21-/m0/s1. The summed E-state index contributed by atoms with van der Waals surface area (Å²) in [5, 5.41) is 8.05. The lowest BCUT2D eigenvalue weighted by Gasteiger charge is -2.29. The highest BCUT2D eigenvalue weighted by atomic mass is 19.1. The Hall–Kier alpha value is -3.99. The number of amides is 1. The first-order valence-corrected chi connectivity index (χ1v) is 11.7. The van der Waals surface area contributed by atoms with Crippen LogP contribution in [0.4, 0.5) is 20.6 Å². The summed E-state index contributed by atoms with van der Waals surface area (Å²) < 4.78 is 32.4. The summed E-state index contributed by atoms with van der Waals surface area (Å²) in [6.45, 7) is 4.76. The number of ether oxygens (including phenoxy) is 3. The Morgan fingerprint density at radius 2 is 1.94 bits per heavy atom. The SMILES string of the molecule is Cc1ccc(C(=O)OCc2cn(C[C@H]3CN(c4ccc(N5CCOCC5)c(F)c4)C(=O)O3)nn2)cc1. The van der Waals surface area contributed by atoms with Crippen molar-refractivity contribution in [2.45, 2.75) is 26.2 Å². The number of esters is 1. The van der Waals surface area contributed by atoms with E-state index in [-0.39, 0.29) is 19.7 Å². The van der Waals surface area contributed by atoms with Gasteiger partial charge in [-0.3, -0.25) is 4.90 Å². The molecule has 10 nitrogen and oxygen atoms in total. The fourth-order valence-electron chi connectivity index (χ4n) is 4.17. The highest BCUT2D eigenvalue weighted by molar-refractivity contribution is 5.90. The van der Waals surface area contributed by atoms with Crippen molar-refractivity contribution in [2.75, 3.05) is 42.6 Å². The minimum Gasteiger partial charge on any atom is -0.455 e. The molecule has 2 aliphatic heterocycles. The average Bonchev–Trinajstić information content (AvgIpc) is 3.49. The van der Waals surface area contributed by atoms with Crippen LogP contribution in [0.3, 0.4) is 0 Å². The lowest BCUT2D eigenvalue weighted by atomic mass is 10.1. The fourth-order valence-corrected chi connectivity index (χ4v) is 4.17. The molecule has 0 N–H and O–H groups in total. The van der Waals surface area contributed by atoms with Crippen LogP contribution in [0.25, 0.3) is 0 Å². The van der Waals surface area contributed by atoms with Crippen LogP contribution in [0.5, 0.6) is 0 Å². The van der Waals surface area contributed by atoms with Crippen LogP contribution in [0.15, 0.2) is 48.7 Å².